The summed E-state index contributed by atoms with van der Waals surface area (Å²) in [5, 5.41) is 4.08. The van der Waals surface area contributed by atoms with Gasteiger partial charge in [-0.05, 0) is 48.8 Å². The number of thiophene rings is 1. The van der Waals surface area contributed by atoms with Gasteiger partial charge in [-0.25, -0.2) is 9.37 Å². The van der Waals surface area contributed by atoms with E-state index in [9.17, 15) is 9.18 Å². The van der Waals surface area contributed by atoms with Gasteiger partial charge >= 0.3 is 0 Å². The lowest BCUT2D eigenvalue weighted by Crippen LogP contribution is -2.29. The molecule has 0 fully saturated rings. The monoisotopic (exact) mass is 433 g/mol. The summed E-state index contributed by atoms with van der Waals surface area (Å²) < 4.78 is 14.2. The number of imidazole rings is 1. The summed E-state index contributed by atoms with van der Waals surface area (Å²) in [6.45, 7) is 0. The van der Waals surface area contributed by atoms with Crippen molar-refractivity contribution in [3.63, 3.8) is 0 Å². The first-order valence-electron chi connectivity index (χ1n) is 8.69. The fourth-order valence-electron chi connectivity index (χ4n) is 3.06. The second-order valence-corrected chi connectivity index (χ2v) is 8.75. The van der Waals surface area contributed by atoms with E-state index in [1.54, 1.807) is 17.8 Å². The standard InChI is InChI=1S/C20H17ClFN3OS2/c1-27-9-8-15(19-23-13-4-2-3-5-14(13)24-19)25-20(26)18-17(21)12-7-6-11(22)10-16(12)28-18/h2-7,10,15H,8-9H2,1H3,(H,23,24)(H,25,26)/t15-/m1/s1. The fraction of sp³-hybridized carbons (Fsp3) is 0.200. The minimum atomic E-state index is -0.350. The molecule has 0 radical (unpaired) electrons. The van der Waals surface area contributed by atoms with Crippen LogP contribution in [0.2, 0.25) is 5.02 Å². The second kappa shape index (κ2) is 8.11. The number of benzene rings is 2. The van der Waals surface area contributed by atoms with Crippen LogP contribution in [0.1, 0.15) is 28.0 Å². The highest BCUT2D eigenvalue weighted by Gasteiger charge is 2.23. The lowest BCUT2D eigenvalue weighted by Gasteiger charge is -2.16. The summed E-state index contributed by atoms with van der Waals surface area (Å²) in [4.78, 5) is 21.3. The van der Waals surface area contributed by atoms with E-state index in [0.717, 1.165) is 23.2 Å². The molecule has 0 aliphatic carbocycles. The van der Waals surface area contributed by atoms with E-state index in [1.165, 1.54) is 23.5 Å². The Morgan fingerprint density at radius 1 is 1.36 bits per heavy atom. The zero-order valence-corrected chi connectivity index (χ0v) is 17.3. The zero-order valence-electron chi connectivity index (χ0n) is 15.0. The number of hydrogen-bond acceptors (Lipinski definition) is 4. The number of carbonyl (C=O) groups excluding carboxylic acids is 1. The third kappa shape index (κ3) is 3.74. The number of hydrogen-bond donors (Lipinski definition) is 2. The number of amides is 1. The van der Waals surface area contributed by atoms with Gasteiger partial charge in [0.25, 0.3) is 5.91 Å². The molecule has 1 amide bonds. The third-order valence-electron chi connectivity index (χ3n) is 4.45. The highest BCUT2D eigenvalue weighted by atomic mass is 35.5. The Bertz CT molecular complexity index is 1120. The van der Waals surface area contributed by atoms with Crippen LogP contribution in [0.25, 0.3) is 21.1 Å². The molecule has 0 aliphatic heterocycles. The maximum atomic E-state index is 13.5. The SMILES string of the molecule is CSCC[C@@H](NC(=O)c1sc2cc(F)ccc2c1Cl)c1nc2ccccc2[nH]1. The minimum Gasteiger partial charge on any atom is -0.341 e. The van der Waals surface area contributed by atoms with Gasteiger partial charge in [0.1, 0.15) is 16.5 Å². The van der Waals surface area contributed by atoms with Crippen molar-refractivity contribution in [2.24, 2.45) is 0 Å². The smallest absolute Gasteiger partial charge is 0.263 e. The van der Waals surface area contributed by atoms with Gasteiger partial charge in [-0.3, -0.25) is 4.79 Å². The van der Waals surface area contributed by atoms with Crippen LogP contribution in [0, 0.1) is 5.82 Å². The van der Waals surface area contributed by atoms with Crippen LogP contribution in [0.4, 0.5) is 4.39 Å². The number of rotatable bonds is 6. The van der Waals surface area contributed by atoms with E-state index >= 15 is 0 Å². The molecule has 144 valence electrons. The van der Waals surface area contributed by atoms with Gasteiger partial charge in [-0.15, -0.1) is 11.3 Å². The molecule has 2 heterocycles. The predicted octanol–water partition coefficient (Wildman–Crippen LogP) is 5.79. The largest absolute Gasteiger partial charge is 0.341 e. The van der Waals surface area contributed by atoms with Crippen molar-refractivity contribution in [1.29, 1.82) is 0 Å². The Kier molecular flexibility index (Phi) is 5.57. The molecule has 4 rings (SSSR count). The van der Waals surface area contributed by atoms with E-state index < -0.39 is 0 Å². The first kappa shape index (κ1) is 19.2. The van der Waals surface area contributed by atoms with Crippen molar-refractivity contribution < 1.29 is 9.18 Å². The van der Waals surface area contributed by atoms with Gasteiger partial charge in [0.05, 0.1) is 22.1 Å². The highest BCUT2D eigenvalue weighted by molar-refractivity contribution is 7.98. The zero-order chi connectivity index (χ0) is 19.7. The van der Waals surface area contributed by atoms with Crippen LogP contribution >= 0.6 is 34.7 Å². The van der Waals surface area contributed by atoms with E-state index in [1.807, 2.05) is 30.5 Å². The summed E-state index contributed by atoms with van der Waals surface area (Å²) in [6.07, 6.45) is 2.75. The van der Waals surface area contributed by atoms with Crippen molar-refractivity contribution in [1.82, 2.24) is 15.3 Å². The average molecular weight is 434 g/mol. The highest BCUT2D eigenvalue weighted by Crippen LogP contribution is 2.36. The first-order valence-corrected chi connectivity index (χ1v) is 11.3. The summed E-state index contributed by atoms with van der Waals surface area (Å²) in [6, 6.07) is 11.8. The minimum absolute atomic E-state index is 0.273. The Balaban J connectivity index is 1.64. The van der Waals surface area contributed by atoms with E-state index in [-0.39, 0.29) is 17.8 Å². The van der Waals surface area contributed by atoms with Crippen molar-refractivity contribution >= 4 is 61.7 Å². The van der Waals surface area contributed by atoms with Crippen molar-refractivity contribution in [2.75, 3.05) is 12.0 Å². The molecule has 0 saturated heterocycles. The van der Waals surface area contributed by atoms with Crippen LogP contribution in [-0.2, 0) is 0 Å². The van der Waals surface area contributed by atoms with Crippen LogP contribution < -0.4 is 5.32 Å². The summed E-state index contributed by atoms with van der Waals surface area (Å²) in [5.41, 5.74) is 1.78. The Morgan fingerprint density at radius 3 is 2.96 bits per heavy atom. The summed E-state index contributed by atoms with van der Waals surface area (Å²) >= 11 is 9.30. The number of carbonyl (C=O) groups is 1. The number of fused-ring (bicyclic) bond motifs is 2. The van der Waals surface area contributed by atoms with Crippen LogP contribution in [0.3, 0.4) is 0 Å². The number of para-hydroxylation sites is 2. The van der Waals surface area contributed by atoms with Gasteiger partial charge in [-0.1, -0.05) is 23.7 Å². The molecule has 4 nitrogen and oxygen atoms in total. The Labute approximate surface area is 174 Å². The average Bonchev–Trinajstić information content (AvgIpc) is 3.26. The number of nitrogens with one attached hydrogen (secondary N) is 2. The molecule has 0 aliphatic rings. The lowest BCUT2D eigenvalue weighted by molar-refractivity contribution is 0.0938. The normalized spacial score (nSPS) is 12.5. The Hall–Kier alpha value is -2.09. The van der Waals surface area contributed by atoms with Gasteiger partial charge in [0.15, 0.2) is 0 Å². The summed E-state index contributed by atoms with van der Waals surface area (Å²) in [7, 11) is 0. The second-order valence-electron chi connectivity index (χ2n) is 6.33. The number of halogens is 2. The van der Waals surface area contributed by atoms with E-state index in [0.29, 0.717) is 25.8 Å². The molecule has 1 atom stereocenters. The molecule has 0 spiro atoms. The lowest BCUT2D eigenvalue weighted by atomic mass is 10.2. The quantitative estimate of drug-likeness (QED) is 0.404. The first-order chi connectivity index (χ1) is 13.6. The topological polar surface area (TPSA) is 57.8 Å². The van der Waals surface area contributed by atoms with Gasteiger partial charge in [0, 0.05) is 10.1 Å². The van der Waals surface area contributed by atoms with E-state index in [2.05, 4.69) is 15.3 Å². The number of nitrogens with zero attached hydrogens (tertiary/aromatic N) is 1. The molecular formula is C20H17ClFN3OS2. The number of aromatic amines is 1. The molecule has 2 aromatic carbocycles. The Morgan fingerprint density at radius 2 is 2.18 bits per heavy atom. The maximum absolute atomic E-state index is 13.5. The van der Waals surface area contributed by atoms with Crippen LogP contribution in [0.15, 0.2) is 42.5 Å². The number of thioether (sulfide) groups is 1. The molecule has 2 aromatic heterocycles. The molecule has 28 heavy (non-hydrogen) atoms. The van der Waals surface area contributed by atoms with Crippen molar-refractivity contribution in [3.05, 3.63) is 64.0 Å². The van der Waals surface area contributed by atoms with Gasteiger partial charge < -0.3 is 10.3 Å². The molecule has 2 N–H and O–H groups in total. The number of H-pyrrole nitrogens is 1. The van der Waals surface area contributed by atoms with Crippen LogP contribution in [0.5, 0.6) is 0 Å². The molecule has 8 heteroatoms. The van der Waals surface area contributed by atoms with Crippen molar-refractivity contribution in [2.45, 2.75) is 12.5 Å². The molecule has 0 unspecified atom stereocenters. The number of aromatic nitrogens is 2. The third-order valence-corrected chi connectivity index (χ3v) is 6.75. The molecule has 0 bridgehead atoms. The summed E-state index contributed by atoms with van der Waals surface area (Å²) in [5.74, 6) is 0.954. The molecule has 4 aromatic rings. The van der Waals surface area contributed by atoms with Crippen LogP contribution in [-0.4, -0.2) is 27.9 Å². The molecular weight excluding hydrogens is 417 g/mol. The van der Waals surface area contributed by atoms with Gasteiger partial charge in [0.2, 0.25) is 0 Å². The maximum Gasteiger partial charge on any atom is 0.263 e. The van der Waals surface area contributed by atoms with Crippen molar-refractivity contribution in [3.8, 4) is 0 Å². The molecule has 0 saturated carbocycles. The predicted molar refractivity (Wildman–Crippen MR) is 116 cm³/mol. The fourth-order valence-corrected chi connectivity index (χ4v) is 4.98. The van der Waals surface area contributed by atoms with E-state index in [4.69, 9.17) is 11.6 Å². The van der Waals surface area contributed by atoms with Gasteiger partial charge in [-0.2, -0.15) is 11.8 Å².